The van der Waals surface area contributed by atoms with Crippen molar-refractivity contribution in [3.8, 4) is 11.1 Å². The van der Waals surface area contributed by atoms with Gasteiger partial charge in [-0.1, -0.05) is 48.5 Å². The summed E-state index contributed by atoms with van der Waals surface area (Å²) in [7, 11) is 0. The summed E-state index contributed by atoms with van der Waals surface area (Å²) in [6.45, 7) is 2.97. The minimum atomic E-state index is -1.42. The Balaban J connectivity index is 1.42. The quantitative estimate of drug-likeness (QED) is 0.635. The van der Waals surface area contributed by atoms with Crippen LogP contribution in [0, 0.1) is 5.92 Å². The van der Waals surface area contributed by atoms with Crippen molar-refractivity contribution in [2.45, 2.75) is 44.2 Å². The Morgan fingerprint density at radius 1 is 1.03 bits per heavy atom. The first-order chi connectivity index (χ1) is 14.8. The number of ether oxygens (including phenoxy) is 1. The molecule has 7 nitrogen and oxygen atoms in total. The van der Waals surface area contributed by atoms with E-state index in [0.29, 0.717) is 0 Å². The smallest absolute Gasteiger partial charge is 0.407 e. The third-order valence-corrected chi connectivity index (χ3v) is 5.96. The summed E-state index contributed by atoms with van der Waals surface area (Å²) in [4.78, 5) is 36.5. The summed E-state index contributed by atoms with van der Waals surface area (Å²) in [6, 6.07) is 15.3. The summed E-state index contributed by atoms with van der Waals surface area (Å²) in [5.74, 6) is -1.73. The van der Waals surface area contributed by atoms with E-state index >= 15 is 0 Å². The minimum absolute atomic E-state index is 0.00919. The molecule has 1 atom stereocenters. The number of benzene rings is 2. The standard InChI is InChI=1S/C24H26N2O5/c1-24(2,22(28)29)26-21(27)20(14-11-12-14)25-23(30)31-13-19-17-9-5-3-7-15(17)16-8-4-6-10-18(16)19/h3-10,14,19-20H,11-13H2,1-2H3,(H,25,30)(H,26,27)(H,28,29). The summed E-state index contributed by atoms with van der Waals surface area (Å²) in [5.41, 5.74) is 3.07. The number of hydrogen-bond donors (Lipinski definition) is 3. The van der Waals surface area contributed by atoms with Gasteiger partial charge in [0.15, 0.2) is 0 Å². The van der Waals surface area contributed by atoms with Crippen LogP contribution in [0.3, 0.4) is 0 Å². The molecule has 0 spiro atoms. The molecule has 31 heavy (non-hydrogen) atoms. The molecule has 0 saturated heterocycles. The normalized spacial score (nSPS) is 16.1. The molecule has 2 aromatic rings. The number of carboxylic acids is 1. The molecule has 0 bridgehead atoms. The van der Waals surface area contributed by atoms with E-state index in [1.165, 1.54) is 13.8 Å². The Kier molecular flexibility index (Phi) is 5.43. The molecule has 0 heterocycles. The number of alkyl carbamates (subject to hydrolysis) is 1. The Labute approximate surface area is 180 Å². The molecule has 0 radical (unpaired) electrons. The van der Waals surface area contributed by atoms with Crippen molar-refractivity contribution in [2.24, 2.45) is 5.92 Å². The van der Waals surface area contributed by atoms with E-state index in [-0.39, 0.29) is 18.4 Å². The van der Waals surface area contributed by atoms with Gasteiger partial charge in [0.05, 0.1) is 0 Å². The molecule has 1 fully saturated rings. The van der Waals surface area contributed by atoms with Gasteiger partial charge in [0.25, 0.3) is 0 Å². The van der Waals surface area contributed by atoms with E-state index in [9.17, 15) is 19.5 Å². The second-order valence-corrected chi connectivity index (χ2v) is 8.70. The van der Waals surface area contributed by atoms with Crippen LogP contribution in [0.15, 0.2) is 48.5 Å². The zero-order chi connectivity index (χ0) is 22.2. The first-order valence-corrected chi connectivity index (χ1v) is 10.4. The average Bonchev–Trinajstić information content (AvgIpc) is 3.52. The number of nitrogens with one attached hydrogen (secondary N) is 2. The highest BCUT2D eigenvalue weighted by Crippen LogP contribution is 2.44. The second kappa shape index (κ2) is 8.06. The van der Waals surface area contributed by atoms with Crippen molar-refractivity contribution < 1.29 is 24.2 Å². The molecule has 3 N–H and O–H groups in total. The van der Waals surface area contributed by atoms with E-state index < -0.39 is 29.6 Å². The summed E-state index contributed by atoms with van der Waals surface area (Å²) < 4.78 is 5.53. The van der Waals surface area contributed by atoms with Crippen LogP contribution in [0.5, 0.6) is 0 Å². The van der Waals surface area contributed by atoms with Crippen molar-refractivity contribution in [3.63, 3.8) is 0 Å². The zero-order valence-electron chi connectivity index (χ0n) is 17.6. The number of hydrogen-bond acceptors (Lipinski definition) is 4. The molecule has 7 heteroatoms. The number of carboxylic acid groups (broad SMARTS) is 1. The molecular weight excluding hydrogens is 396 g/mol. The molecule has 1 unspecified atom stereocenters. The minimum Gasteiger partial charge on any atom is -0.480 e. The van der Waals surface area contributed by atoms with Gasteiger partial charge in [0.2, 0.25) is 5.91 Å². The van der Waals surface area contributed by atoms with Gasteiger partial charge in [-0.15, -0.1) is 0 Å². The van der Waals surface area contributed by atoms with Crippen LogP contribution >= 0.6 is 0 Å². The van der Waals surface area contributed by atoms with Gasteiger partial charge < -0.3 is 20.5 Å². The molecular formula is C24H26N2O5. The highest BCUT2D eigenvalue weighted by Gasteiger charge is 2.41. The molecule has 2 aromatic carbocycles. The van der Waals surface area contributed by atoms with E-state index in [4.69, 9.17) is 4.74 Å². The van der Waals surface area contributed by atoms with Gasteiger partial charge in [-0.25, -0.2) is 9.59 Å². The maximum atomic E-state index is 12.6. The fraction of sp³-hybridized carbons (Fsp3) is 0.375. The lowest BCUT2D eigenvalue weighted by molar-refractivity contribution is -0.146. The van der Waals surface area contributed by atoms with Gasteiger partial charge in [-0.05, 0) is 54.9 Å². The first-order valence-electron chi connectivity index (χ1n) is 10.4. The van der Waals surface area contributed by atoms with Gasteiger partial charge in [-0.3, -0.25) is 4.79 Å². The van der Waals surface area contributed by atoms with Crippen LogP contribution in [0.4, 0.5) is 4.79 Å². The molecule has 1 saturated carbocycles. The Bertz CT molecular complexity index is 983. The number of carbonyl (C=O) groups is 3. The summed E-state index contributed by atoms with van der Waals surface area (Å²) >= 11 is 0. The number of fused-ring (bicyclic) bond motifs is 3. The number of carbonyl (C=O) groups excluding carboxylic acids is 2. The van der Waals surface area contributed by atoms with Crippen LogP contribution in [-0.2, 0) is 14.3 Å². The van der Waals surface area contributed by atoms with E-state index in [2.05, 4.69) is 22.8 Å². The van der Waals surface area contributed by atoms with Crippen LogP contribution in [0.2, 0.25) is 0 Å². The lowest BCUT2D eigenvalue weighted by atomic mass is 9.98. The van der Waals surface area contributed by atoms with Gasteiger partial charge in [-0.2, -0.15) is 0 Å². The fourth-order valence-electron chi connectivity index (χ4n) is 4.03. The highest BCUT2D eigenvalue weighted by atomic mass is 16.5. The lowest BCUT2D eigenvalue weighted by Crippen LogP contribution is -2.57. The van der Waals surface area contributed by atoms with E-state index in [1.54, 1.807) is 0 Å². The fourth-order valence-corrected chi connectivity index (χ4v) is 4.03. The molecule has 0 aromatic heterocycles. The second-order valence-electron chi connectivity index (χ2n) is 8.70. The van der Waals surface area contributed by atoms with Gasteiger partial charge in [0, 0.05) is 5.92 Å². The maximum Gasteiger partial charge on any atom is 0.407 e. The van der Waals surface area contributed by atoms with E-state index in [1.807, 2.05) is 36.4 Å². The molecule has 0 aliphatic heterocycles. The zero-order valence-corrected chi connectivity index (χ0v) is 17.6. The Hall–Kier alpha value is -3.35. The number of amides is 2. The van der Waals surface area contributed by atoms with E-state index in [0.717, 1.165) is 35.1 Å². The maximum absolute atomic E-state index is 12.6. The third kappa shape index (κ3) is 4.26. The average molecular weight is 422 g/mol. The topological polar surface area (TPSA) is 105 Å². The van der Waals surface area contributed by atoms with Gasteiger partial charge in [0.1, 0.15) is 18.2 Å². The molecule has 162 valence electrons. The van der Waals surface area contributed by atoms with Crippen molar-refractivity contribution in [1.29, 1.82) is 0 Å². The Morgan fingerprint density at radius 2 is 1.58 bits per heavy atom. The summed E-state index contributed by atoms with van der Waals surface area (Å²) in [5, 5.41) is 14.4. The predicted molar refractivity (Wildman–Crippen MR) is 115 cm³/mol. The molecule has 2 aliphatic rings. The van der Waals surface area contributed by atoms with Crippen LogP contribution < -0.4 is 10.6 Å². The third-order valence-electron chi connectivity index (χ3n) is 5.96. The largest absolute Gasteiger partial charge is 0.480 e. The number of aliphatic carboxylic acids is 1. The Morgan fingerprint density at radius 3 is 2.10 bits per heavy atom. The number of rotatable bonds is 7. The monoisotopic (exact) mass is 422 g/mol. The lowest BCUT2D eigenvalue weighted by Gasteiger charge is -2.25. The van der Waals surface area contributed by atoms with Crippen LogP contribution in [0.25, 0.3) is 11.1 Å². The van der Waals surface area contributed by atoms with Crippen LogP contribution in [0.1, 0.15) is 43.7 Å². The highest BCUT2D eigenvalue weighted by molar-refractivity contribution is 5.91. The first kappa shape index (κ1) is 20.9. The SMILES string of the molecule is CC(C)(NC(=O)C(NC(=O)OCC1c2ccccc2-c2ccccc21)C1CC1)C(=O)O. The predicted octanol–water partition coefficient (Wildman–Crippen LogP) is 3.28. The van der Waals surface area contributed by atoms with Crippen molar-refractivity contribution in [3.05, 3.63) is 59.7 Å². The molecule has 2 aliphatic carbocycles. The molecule has 2 amide bonds. The van der Waals surface area contributed by atoms with Crippen molar-refractivity contribution in [2.75, 3.05) is 6.61 Å². The van der Waals surface area contributed by atoms with Gasteiger partial charge >= 0.3 is 12.1 Å². The molecule has 4 rings (SSSR count). The summed E-state index contributed by atoms with van der Waals surface area (Å²) in [6.07, 6.45) is 0.923. The van der Waals surface area contributed by atoms with Crippen molar-refractivity contribution >= 4 is 18.0 Å². The van der Waals surface area contributed by atoms with Crippen LogP contribution in [-0.4, -0.2) is 41.3 Å². The van der Waals surface area contributed by atoms with Crippen molar-refractivity contribution in [1.82, 2.24) is 10.6 Å².